The lowest BCUT2D eigenvalue weighted by Gasteiger charge is -2.46. The molecule has 2 aromatic rings. The van der Waals surface area contributed by atoms with Crippen molar-refractivity contribution in [2.24, 2.45) is 5.92 Å². The molecule has 3 aliphatic heterocycles. The number of carbonyl (C=O) groups excluding carboxylic acids is 1. The zero-order chi connectivity index (χ0) is 23.2. The second-order valence-corrected chi connectivity index (χ2v) is 11.7. The number of aromatic nitrogens is 2. The van der Waals surface area contributed by atoms with Crippen LogP contribution in [0.4, 0.5) is 4.79 Å². The number of rotatable bonds is 3. The van der Waals surface area contributed by atoms with E-state index in [1.165, 1.54) is 4.88 Å². The number of morpholine rings is 1. The Morgan fingerprint density at radius 3 is 2.82 bits per heavy atom. The van der Waals surface area contributed by atoms with Gasteiger partial charge in [-0.15, -0.1) is 11.3 Å². The normalized spacial score (nSPS) is 28.1. The molecule has 8 nitrogen and oxygen atoms in total. The highest BCUT2D eigenvalue weighted by molar-refractivity contribution is 7.19. The first kappa shape index (κ1) is 23.2. The van der Waals surface area contributed by atoms with Crippen LogP contribution in [0.3, 0.4) is 0 Å². The number of fused-ring (bicyclic) bond motifs is 2. The number of carbonyl (C=O) groups is 1. The molecular formula is C23H32ClN5O3S. The van der Waals surface area contributed by atoms with Crippen molar-refractivity contribution in [2.45, 2.75) is 57.0 Å². The zero-order valence-corrected chi connectivity index (χ0v) is 21.0. The second kappa shape index (κ2) is 9.26. The number of nitrogens with zero attached hydrogens (tertiary/aromatic N) is 5. The fourth-order valence-corrected chi connectivity index (χ4v) is 6.78. The molecule has 1 amide bonds. The molecule has 5 heterocycles. The van der Waals surface area contributed by atoms with Crippen LogP contribution >= 0.6 is 22.9 Å². The molecule has 10 heteroatoms. The van der Waals surface area contributed by atoms with Crippen molar-refractivity contribution < 1.29 is 14.3 Å². The third-order valence-corrected chi connectivity index (χ3v) is 8.07. The molecular weight excluding hydrogens is 462 g/mol. The summed E-state index contributed by atoms with van der Waals surface area (Å²) in [4.78, 5) is 29.6. The van der Waals surface area contributed by atoms with Crippen molar-refractivity contribution in [3.05, 3.63) is 23.5 Å². The van der Waals surface area contributed by atoms with Crippen LogP contribution in [0.25, 0.3) is 10.2 Å². The van der Waals surface area contributed by atoms with E-state index in [-0.39, 0.29) is 23.9 Å². The molecule has 0 aliphatic carbocycles. The van der Waals surface area contributed by atoms with Crippen LogP contribution in [0.5, 0.6) is 0 Å². The Morgan fingerprint density at radius 1 is 1.24 bits per heavy atom. The topological polar surface area (TPSA) is 71.0 Å². The Balaban J connectivity index is 1.36. The summed E-state index contributed by atoms with van der Waals surface area (Å²) in [6.45, 7) is 10.5. The molecule has 4 atom stereocenters. The van der Waals surface area contributed by atoms with E-state index in [1.807, 2.05) is 31.9 Å². The number of halogens is 1. The molecule has 0 radical (unpaired) electrons. The third kappa shape index (κ3) is 4.98. The van der Waals surface area contributed by atoms with E-state index in [1.54, 1.807) is 17.7 Å². The van der Waals surface area contributed by atoms with E-state index < -0.39 is 5.60 Å². The van der Waals surface area contributed by atoms with E-state index in [0.29, 0.717) is 19.1 Å². The van der Waals surface area contributed by atoms with Gasteiger partial charge in [0.05, 0.1) is 23.0 Å². The highest BCUT2D eigenvalue weighted by Gasteiger charge is 2.44. The quantitative estimate of drug-likeness (QED) is 0.600. The Hall–Kier alpha value is -1.52. The fourth-order valence-electron chi connectivity index (χ4n) is 5.35. The average Bonchev–Trinajstić information content (AvgIpc) is 3.36. The van der Waals surface area contributed by atoms with Crippen molar-refractivity contribution in [2.75, 3.05) is 39.3 Å². The lowest BCUT2D eigenvalue weighted by molar-refractivity contribution is -0.0625. The van der Waals surface area contributed by atoms with Gasteiger partial charge in [-0.1, -0.05) is 11.6 Å². The number of hydrogen-bond acceptors (Lipinski definition) is 8. The average molecular weight is 494 g/mol. The fraction of sp³-hybridized carbons (Fsp3) is 0.696. The Kier molecular flexibility index (Phi) is 6.52. The highest BCUT2D eigenvalue weighted by atomic mass is 35.5. The van der Waals surface area contributed by atoms with Gasteiger partial charge in [-0.3, -0.25) is 9.80 Å². The van der Waals surface area contributed by atoms with Crippen LogP contribution in [0.2, 0.25) is 0 Å². The monoisotopic (exact) mass is 493 g/mol. The first-order valence-corrected chi connectivity index (χ1v) is 13.0. The summed E-state index contributed by atoms with van der Waals surface area (Å²) in [5, 5.41) is 0. The maximum Gasteiger partial charge on any atom is 0.410 e. The van der Waals surface area contributed by atoms with Crippen molar-refractivity contribution >= 4 is 39.2 Å². The van der Waals surface area contributed by atoms with Crippen LogP contribution in [-0.4, -0.2) is 87.3 Å². The molecule has 3 fully saturated rings. The highest BCUT2D eigenvalue weighted by Crippen LogP contribution is 2.40. The molecule has 0 spiro atoms. The summed E-state index contributed by atoms with van der Waals surface area (Å²) >= 11 is 8.15. The van der Waals surface area contributed by atoms with Crippen molar-refractivity contribution in [3.63, 3.8) is 0 Å². The van der Waals surface area contributed by atoms with E-state index in [2.05, 4.69) is 25.8 Å². The second-order valence-electron chi connectivity index (χ2n) is 10.1. The van der Waals surface area contributed by atoms with Crippen LogP contribution in [-0.2, 0) is 9.47 Å². The lowest BCUT2D eigenvalue weighted by atomic mass is 9.92. The Bertz CT molecular complexity index is 965. The molecule has 3 saturated heterocycles. The van der Waals surface area contributed by atoms with Gasteiger partial charge in [0.1, 0.15) is 17.5 Å². The van der Waals surface area contributed by atoms with Gasteiger partial charge in [-0.2, -0.15) is 0 Å². The van der Waals surface area contributed by atoms with Crippen molar-refractivity contribution in [1.29, 1.82) is 0 Å². The van der Waals surface area contributed by atoms with Gasteiger partial charge in [0.2, 0.25) is 0 Å². The van der Waals surface area contributed by atoms with Crippen LogP contribution in [0.15, 0.2) is 18.6 Å². The van der Waals surface area contributed by atoms with Crippen molar-refractivity contribution in [1.82, 2.24) is 24.7 Å². The summed E-state index contributed by atoms with van der Waals surface area (Å²) in [5.74, 6) is 0.441. The molecule has 0 aromatic carbocycles. The third-order valence-electron chi connectivity index (χ3n) is 6.71. The summed E-state index contributed by atoms with van der Waals surface area (Å²) in [6.07, 6.45) is 5.38. The molecule has 0 bridgehead atoms. The van der Waals surface area contributed by atoms with E-state index >= 15 is 0 Å². The summed E-state index contributed by atoms with van der Waals surface area (Å²) in [7, 11) is 0. The predicted octanol–water partition coefficient (Wildman–Crippen LogP) is 3.92. The van der Waals surface area contributed by atoms with Crippen LogP contribution in [0, 0.1) is 5.92 Å². The minimum absolute atomic E-state index is 0.117. The number of piperidine rings is 1. The molecule has 3 aliphatic rings. The zero-order valence-electron chi connectivity index (χ0n) is 19.4. The lowest BCUT2D eigenvalue weighted by Crippen LogP contribution is -2.54. The molecule has 4 unspecified atom stereocenters. The molecule has 0 saturated carbocycles. The Morgan fingerprint density at radius 2 is 2.06 bits per heavy atom. The maximum absolute atomic E-state index is 12.8. The summed E-state index contributed by atoms with van der Waals surface area (Å²) in [5.41, 5.74) is 0.207. The van der Waals surface area contributed by atoms with Gasteiger partial charge < -0.3 is 14.4 Å². The number of ether oxygens (including phenoxy) is 2. The maximum atomic E-state index is 12.8. The number of alkyl halides is 1. The number of hydrogen-bond donors (Lipinski definition) is 0. The minimum Gasteiger partial charge on any atom is -0.444 e. The smallest absolute Gasteiger partial charge is 0.410 e. The van der Waals surface area contributed by atoms with Crippen LogP contribution in [0.1, 0.15) is 44.7 Å². The predicted molar refractivity (Wildman–Crippen MR) is 128 cm³/mol. The van der Waals surface area contributed by atoms with E-state index in [0.717, 1.165) is 49.2 Å². The van der Waals surface area contributed by atoms with Gasteiger partial charge in [0.15, 0.2) is 0 Å². The van der Waals surface area contributed by atoms with Gasteiger partial charge in [0, 0.05) is 49.8 Å². The van der Waals surface area contributed by atoms with E-state index in [4.69, 9.17) is 21.1 Å². The number of amides is 1. The summed E-state index contributed by atoms with van der Waals surface area (Å²) < 4.78 is 12.4. The molecule has 180 valence electrons. The molecule has 0 N–H and O–H groups in total. The first-order valence-electron chi connectivity index (χ1n) is 11.7. The van der Waals surface area contributed by atoms with Gasteiger partial charge in [-0.25, -0.2) is 14.8 Å². The standard InChI is InChI=1S/C23H32ClN5O3S/c1-23(2,3)32-22(30)29-7-4-15-12-27(6-5-17(15)29)21(28-8-9-31-20(24)13-28)18-10-16-19(33-18)11-25-14-26-16/h10-11,14-15,17,20-21H,4-9,12-13H2,1-3H3. The summed E-state index contributed by atoms with van der Waals surface area (Å²) in [6, 6.07) is 2.44. The number of thiophene rings is 1. The first-order chi connectivity index (χ1) is 15.8. The molecule has 5 rings (SSSR count). The molecule has 2 aromatic heterocycles. The van der Waals surface area contributed by atoms with Gasteiger partial charge in [0.25, 0.3) is 0 Å². The largest absolute Gasteiger partial charge is 0.444 e. The SMILES string of the molecule is CC(C)(C)OC(=O)N1CCC2CN(C(c3cc4ncncc4s3)N3CCOC(Cl)C3)CCC21. The van der Waals surface area contributed by atoms with Gasteiger partial charge >= 0.3 is 6.09 Å². The van der Waals surface area contributed by atoms with E-state index in [9.17, 15) is 4.79 Å². The van der Waals surface area contributed by atoms with Crippen LogP contribution < -0.4 is 0 Å². The van der Waals surface area contributed by atoms with Crippen molar-refractivity contribution in [3.8, 4) is 0 Å². The van der Waals surface area contributed by atoms with Gasteiger partial charge in [-0.05, 0) is 45.6 Å². The minimum atomic E-state index is -0.473. The molecule has 33 heavy (non-hydrogen) atoms. The number of likely N-dealkylation sites (tertiary alicyclic amines) is 2. The Labute approximate surface area is 203 Å².